The Morgan fingerprint density at radius 3 is 2.65 bits per heavy atom. The number of rotatable bonds is 5. The van der Waals surface area contributed by atoms with Crippen LogP contribution in [0.25, 0.3) is 0 Å². The van der Waals surface area contributed by atoms with Crippen molar-refractivity contribution >= 4 is 22.5 Å². The standard InChI is InChI=1S/C11H12ClNO4/c1-7(2)6-17-10-5-8(11(12)14)3-4-9(10)13(15)16/h3-5,7H,6H2,1-2H3. The molecule has 0 amide bonds. The van der Waals surface area contributed by atoms with Gasteiger partial charge in [0.25, 0.3) is 5.24 Å². The molecule has 0 aliphatic rings. The molecule has 0 saturated carbocycles. The summed E-state index contributed by atoms with van der Waals surface area (Å²) in [7, 11) is 0. The van der Waals surface area contributed by atoms with Crippen LogP contribution in [0.3, 0.4) is 0 Å². The van der Waals surface area contributed by atoms with Crippen molar-refractivity contribution < 1.29 is 14.5 Å². The maximum atomic E-state index is 11.0. The molecule has 1 aromatic carbocycles. The monoisotopic (exact) mass is 257 g/mol. The second kappa shape index (κ2) is 5.63. The highest BCUT2D eigenvalue weighted by Crippen LogP contribution is 2.28. The molecule has 5 nitrogen and oxygen atoms in total. The summed E-state index contributed by atoms with van der Waals surface area (Å²) in [5, 5.41) is 10.1. The van der Waals surface area contributed by atoms with Gasteiger partial charge in [-0.15, -0.1) is 0 Å². The van der Waals surface area contributed by atoms with E-state index in [0.29, 0.717) is 6.61 Å². The molecule has 92 valence electrons. The molecule has 1 aromatic rings. The lowest BCUT2D eigenvalue weighted by molar-refractivity contribution is -0.385. The van der Waals surface area contributed by atoms with E-state index >= 15 is 0 Å². The van der Waals surface area contributed by atoms with Crippen molar-refractivity contribution in [3.05, 3.63) is 33.9 Å². The Labute approximate surface area is 103 Å². The molecule has 0 heterocycles. The summed E-state index contributed by atoms with van der Waals surface area (Å²) in [6.45, 7) is 4.17. The Hall–Kier alpha value is -1.62. The van der Waals surface area contributed by atoms with Gasteiger partial charge in [0.2, 0.25) is 0 Å². The van der Waals surface area contributed by atoms with Gasteiger partial charge in [0.05, 0.1) is 11.5 Å². The molecule has 0 N–H and O–H groups in total. The first kappa shape index (κ1) is 13.4. The zero-order chi connectivity index (χ0) is 13.0. The highest BCUT2D eigenvalue weighted by molar-refractivity contribution is 6.67. The number of hydrogen-bond acceptors (Lipinski definition) is 4. The van der Waals surface area contributed by atoms with Gasteiger partial charge in [-0.05, 0) is 29.7 Å². The van der Waals surface area contributed by atoms with E-state index < -0.39 is 10.2 Å². The van der Waals surface area contributed by atoms with Gasteiger partial charge < -0.3 is 4.74 Å². The van der Waals surface area contributed by atoms with Crippen LogP contribution in [0, 0.1) is 16.0 Å². The van der Waals surface area contributed by atoms with Crippen molar-refractivity contribution in [2.24, 2.45) is 5.92 Å². The summed E-state index contributed by atoms with van der Waals surface area (Å²) < 4.78 is 5.30. The average Bonchev–Trinajstić information content (AvgIpc) is 2.25. The predicted molar refractivity (Wildman–Crippen MR) is 63.6 cm³/mol. The number of carbonyl (C=O) groups is 1. The molecule has 0 aliphatic heterocycles. The van der Waals surface area contributed by atoms with E-state index in [2.05, 4.69) is 0 Å². The number of halogens is 1. The Bertz CT molecular complexity index is 445. The van der Waals surface area contributed by atoms with Gasteiger partial charge in [0.1, 0.15) is 0 Å². The van der Waals surface area contributed by atoms with Crippen LogP contribution in [0.5, 0.6) is 5.75 Å². The normalized spacial score (nSPS) is 10.4. The third-order valence-corrected chi connectivity index (χ3v) is 2.17. The predicted octanol–water partition coefficient (Wildman–Crippen LogP) is 3.01. The van der Waals surface area contributed by atoms with Gasteiger partial charge in [0, 0.05) is 11.6 Å². The second-order valence-corrected chi connectivity index (χ2v) is 4.26. The van der Waals surface area contributed by atoms with Crippen LogP contribution in [0.4, 0.5) is 5.69 Å². The fourth-order valence-electron chi connectivity index (χ4n) is 1.16. The lowest BCUT2D eigenvalue weighted by Crippen LogP contribution is -2.07. The van der Waals surface area contributed by atoms with E-state index in [1.54, 1.807) is 0 Å². The fourth-order valence-corrected chi connectivity index (χ4v) is 1.28. The number of hydrogen-bond donors (Lipinski definition) is 0. The molecule has 0 unspecified atom stereocenters. The van der Waals surface area contributed by atoms with E-state index in [0.717, 1.165) is 0 Å². The van der Waals surface area contributed by atoms with Crippen molar-refractivity contribution in [2.45, 2.75) is 13.8 Å². The number of nitrogens with zero attached hydrogens (tertiary/aromatic N) is 1. The minimum Gasteiger partial charge on any atom is -0.487 e. The summed E-state index contributed by atoms with van der Waals surface area (Å²) in [4.78, 5) is 21.2. The van der Waals surface area contributed by atoms with Gasteiger partial charge in [-0.25, -0.2) is 0 Å². The fraction of sp³-hybridized carbons (Fsp3) is 0.364. The van der Waals surface area contributed by atoms with Gasteiger partial charge in [0.15, 0.2) is 5.75 Å². The van der Waals surface area contributed by atoms with Crippen LogP contribution >= 0.6 is 11.6 Å². The Balaban J connectivity index is 3.07. The Kier molecular flexibility index (Phi) is 4.45. The molecule has 0 bridgehead atoms. The van der Waals surface area contributed by atoms with E-state index in [-0.39, 0.29) is 22.9 Å². The first-order valence-corrected chi connectivity index (χ1v) is 5.40. The smallest absolute Gasteiger partial charge is 0.310 e. The highest BCUT2D eigenvalue weighted by Gasteiger charge is 2.17. The van der Waals surface area contributed by atoms with Crippen molar-refractivity contribution in [2.75, 3.05) is 6.61 Å². The van der Waals surface area contributed by atoms with E-state index in [9.17, 15) is 14.9 Å². The van der Waals surface area contributed by atoms with Crippen LogP contribution in [0.15, 0.2) is 18.2 Å². The topological polar surface area (TPSA) is 69.4 Å². The van der Waals surface area contributed by atoms with Gasteiger partial charge in [-0.1, -0.05) is 13.8 Å². The Morgan fingerprint density at radius 2 is 2.18 bits per heavy atom. The van der Waals surface area contributed by atoms with Crippen LogP contribution < -0.4 is 4.74 Å². The molecule has 0 saturated heterocycles. The zero-order valence-corrected chi connectivity index (χ0v) is 10.2. The largest absolute Gasteiger partial charge is 0.487 e. The maximum absolute atomic E-state index is 11.0. The molecule has 0 atom stereocenters. The van der Waals surface area contributed by atoms with Crippen LogP contribution in [-0.2, 0) is 0 Å². The van der Waals surface area contributed by atoms with Crippen molar-refractivity contribution in [1.82, 2.24) is 0 Å². The molecule has 0 aromatic heterocycles. The number of nitro benzene ring substituents is 1. The summed E-state index contributed by atoms with van der Waals surface area (Å²) in [6.07, 6.45) is 0. The maximum Gasteiger partial charge on any atom is 0.310 e. The number of benzene rings is 1. The number of ether oxygens (including phenoxy) is 1. The average molecular weight is 258 g/mol. The first-order chi connectivity index (χ1) is 7.91. The highest BCUT2D eigenvalue weighted by atomic mass is 35.5. The molecule has 0 fully saturated rings. The molecule has 0 aliphatic carbocycles. The zero-order valence-electron chi connectivity index (χ0n) is 9.47. The van der Waals surface area contributed by atoms with Crippen LogP contribution in [0.2, 0.25) is 0 Å². The summed E-state index contributed by atoms with van der Waals surface area (Å²) in [5.74, 6) is 0.292. The second-order valence-electron chi connectivity index (χ2n) is 3.92. The van der Waals surface area contributed by atoms with Gasteiger partial charge >= 0.3 is 5.69 Å². The molecule has 6 heteroatoms. The number of nitro groups is 1. The molecule has 0 radical (unpaired) electrons. The Morgan fingerprint density at radius 1 is 1.53 bits per heavy atom. The van der Waals surface area contributed by atoms with Gasteiger partial charge in [-0.3, -0.25) is 14.9 Å². The molecular formula is C11H12ClNO4. The van der Waals surface area contributed by atoms with Crippen molar-refractivity contribution in [1.29, 1.82) is 0 Å². The SMILES string of the molecule is CC(C)COc1cc(C(=O)Cl)ccc1[N+](=O)[O-]. The van der Waals surface area contributed by atoms with E-state index in [1.807, 2.05) is 13.8 Å². The molecular weight excluding hydrogens is 246 g/mol. The first-order valence-electron chi connectivity index (χ1n) is 5.03. The number of carbonyl (C=O) groups excluding carboxylic acids is 1. The molecule has 17 heavy (non-hydrogen) atoms. The summed E-state index contributed by atoms with van der Waals surface area (Å²) >= 11 is 5.31. The van der Waals surface area contributed by atoms with Crippen LogP contribution in [-0.4, -0.2) is 16.8 Å². The minimum absolute atomic E-state index is 0.0650. The molecule has 1 rings (SSSR count). The van der Waals surface area contributed by atoms with E-state index in [4.69, 9.17) is 16.3 Å². The van der Waals surface area contributed by atoms with Gasteiger partial charge in [-0.2, -0.15) is 0 Å². The van der Waals surface area contributed by atoms with Crippen molar-refractivity contribution in [3.63, 3.8) is 0 Å². The van der Waals surface area contributed by atoms with E-state index in [1.165, 1.54) is 18.2 Å². The lowest BCUT2D eigenvalue weighted by atomic mass is 10.2. The minimum atomic E-state index is -0.672. The third kappa shape index (κ3) is 3.71. The van der Waals surface area contributed by atoms with Crippen molar-refractivity contribution in [3.8, 4) is 5.75 Å². The molecule has 0 spiro atoms. The quantitative estimate of drug-likeness (QED) is 0.462. The lowest BCUT2D eigenvalue weighted by Gasteiger charge is -2.09. The summed E-state index contributed by atoms with van der Waals surface area (Å²) in [5.41, 5.74) is 0.00309. The van der Waals surface area contributed by atoms with Crippen LogP contribution in [0.1, 0.15) is 24.2 Å². The third-order valence-electron chi connectivity index (χ3n) is 1.96. The summed E-state index contributed by atoms with van der Waals surface area (Å²) in [6, 6.07) is 3.80.